The zero-order valence-electron chi connectivity index (χ0n) is 20.5. The van der Waals surface area contributed by atoms with E-state index in [1.807, 2.05) is 50.2 Å². The molecule has 2 aliphatic rings. The molecule has 3 aromatic rings. The molecule has 1 fully saturated rings. The SMILES string of the molecule is CCOc1ccc(-c2nc(CN3CCN(S(=O)(=O)c4ccc5c(c4)CCCC5)CC3)c(C)o2)cc1. The highest BCUT2D eigenvalue weighted by Crippen LogP contribution is 2.27. The Kier molecular flexibility index (Phi) is 6.95. The number of oxazole rings is 1. The summed E-state index contributed by atoms with van der Waals surface area (Å²) in [5, 5.41) is 0. The van der Waals surface area contributed by atoms with Gasteiger partial charge in [-0.3, -0.25) is 4.90 Å². The molecule has 1 aromatic heterocycles. The Morgan fingerprint density at radius 1 is 0.971 bits per heavy atom. The fourth-order valence-electron chi connectivity index (χ4n) is 4.92. The average molecular weight is 496 g/mol. The van der Waals surface area contributed by atoms with Crippen LogP contribution in [-0.4, -0.2) is 55.4 Å². The molecule has 1 aliphatic carbocycles. The van der Waals surface area contributed by atoms with E-state index in [1.165, 1.54) is 17.5 Å². The molecule has 1 saturated heterocycles. The Labute approximate surface area is 207 Å². The summed E-state index contributed by atoms with van der Waals surface area (Å²) in [7, 11) is -3.48. The lowest BCUT2D eigenvalue weighted by molar-refractivity contribution is 0.179. The number of piperazine rings is 1. The van der Waals surface area contributed by atoms with Gasteiger partial charge in [0.15, 0.2) is 0 Å². The molecule has 186 valence electrons. The van der Waals surface area contributed by atoms with Crippen molar-refractivity contribution in [2.75, 3.05) is 32.8 Å². The van der Waals surface area contributed by atoms with Crippen molar-refractivity contribution in [2.24, 2.45) is 0 Å². The minimum Gasteiger partial charge on any atom is -0.494 e. The predicted molar refractivity (Wildman–Crippen MR) is 135 cm³/mol. The maximum Gasteiger partial charge on any atom is 0.243 e. The maximum atomic E-state index is 13.3. The summed E-state index contributed by atoms with van der Waals surface area (Å²) in [5.74, 6) is 2.20. The third-order valence-corrected chi connectivity index (χ3v) is 8.86. The van der Waals surface area contributed by atoms with E-state index in [0.29, 0.717) is 50.1 Å². The number of benzene rings is 2. The molecule has 0 N–H and O–H groups in total. The van der Waals surface area contributed by atoms with Gasteiger partial charge in [-0.05, 0) is 87.1 Å². The highest BCUT2D eigenvalue weighted by Gasteiger charge is 2.30. The van der Waals surface area contributed by atoms with E-state index in [9.17, 15) is 8.42 Å². The van der Waals surface area contributed by atoms with Crippen LogP contribution in [-0.2, 0) is 29.4 Å². The lowest BCUT2D eigenvalue weighted by Gasteiger charge is -2.33. The first-order valence-corrected chi connectivity index (χ1v) is 13.9. The van der Waals surface area contributed by atoms with Crippen molar-refractivity contribution in [3.8, 4) is 17.2 Å². The highest BCUT2D eigenvalue weighted by atomic mass is 32.2. The minimum atomic E-state index is -3.48. The molecule has 0 atom stereocenters. The first-order chi connectivity index (χ1) is 16.9. The van der Waals surface area contributed by atoms with Crippen molar-refractivity contribution in [2.45, 2.75) is 51.0 Å². The maximum absolute atomic E-state index is 13.3. The average Bonchev–Trinajstić information content (AvgIpc) is 3.24. The first-order valence-electron chi connectivity index (χ1n) is 12.5. The third-order valence-electron chi connectivity index (χ3n) is 6.97. The minimum absolute atomic E-state index is 0.430. The van der Waals surface area contributed by atoms with Crippen molar-refractivity contribution < 1.29 is 17.6 Å². The molecule has 35 heavy (non-hydrogen) atoms. The van der Waals surface area contributed by atoms with E-state index in [2.05, 4.69) is 4.90 Å². The Morgan fingerprint density at radius 3 is 2.40 bits per heavy atom. The normalized spacial score (nSPS) is 17.3. The van der Waals surface area contributed by atoms with Crippen LogP contribution in [0.3, 0.4) is 0 Å². The quantitative estimate of drug-likeness (QED) is 0.483. The Morgan fingerprint density at radius 2 is 1.69 bits per heavy atom. The first kappa shape index (κ1) is 24.0. The summed E-state index contributed by atoms with van der Waals surface area (Å²) >= 11 is 0. The summed E-state index contributed by atoms with van der Waals surface area (Å²) in [6, 6.07) is 13.4. The highest BCUT2D eigenvalue weighted by molar-refractivity contribution is 7.89. The predicted octanol–water partition coefficient (Wildman–Crippen LogP) is 4.43. The van der Waals surface area contributed by atoms with Crippen LogP contribution in [0.4, 0.5) is 0 Å². The Hall–Kier alpha value is -2.68. The molecule has 2 heterocycles. The topological polar surface area (TPSA) is 75.9 Å². The van der Waals surface area contributed by atoms with Crippen molar-refractivity contribution >= 4 is 10.0 Å². The van der Waals surface area contributed by atoms with Gasteiger partial charge in [-0.2, -0.15) is 4.31 Å². The molecule has 0 spiro atoms. The van der Waals surface area contributed by atoms with Gasteiger partial charge in [-0.15, -0.1) is 0 Å². The molecule has 0 bridgehead atoms. The van der Waals surface area contributed by atoms with E-state index in [4.69, 9.17) is 14.1 Å². The lowest BCUT2D eigenvalue weighted by atomic mass is 9.92. The summed E-state index contributed by atoms with van der Waals surface area (Å²) < 4.78 is 39.6. The van der Waals surface area contributed by atoms with E-state index < -0.39 is 10.0 Å². The molecule has 0 unspecified atom stereocenters. The van der Waals surface area contributed by atoms with Crippen LogP contribution in [0.15, 0.2) is 51.8 Å². The smallest absolute Gasteiger partial charge is 0.243 e. The fourth-order valence-corrected chi connectivity index (χ4v) is 6.39. The molecule has 5 rings (SSSR count). The van der Waals surface area contributed by atoms with Gasteiger partial charge in [-0.25, -0.2) is 13.4 Å². The van der Waals surface area contributed by atoms with Gasteiger partial charge in [0, 0.05) is 38.3 Å². The second-order valence-electron chi connectivity index (χ2n) is 9.30. The zero-order valence-corrected chi connectivity index (χ0v) is 21.3. The van der Waals surface area contributed by atoms with Crippen molar-refractivity contribution in [3.63, 3.8) is 0 Å². The second kappa shape index (κ2) is 10.1. The third kappa shape index (κ3) is 5.15. The number of sulfonamides is 1. The van der Waals surface area contributed by atoms with Crippen molar-refractivity contribution in [3.05, 3.63) is 65.0 Å². The van der Waals surface area contributed by atoms with Crippen LogP contribution in [0.25, 0.3) is 11.5 Å². The lowest BCUT2D eigenvalue weighted by Crippen LogP contribution is -2.48. The van der Waals surface area contributed by atoms with Crippen molar-refractivity contribution in [1.29, 1.82) is 0 Å². The summed E-state index contributed by atoms with van der Waals surface area (Å²) in [5.41, 5.74) is 4.29. The molecule has 1 aliphatic heterocycles. The number of hydrogen-bond acceptors (Lipinski definition) is 6. The van der Waals surface area contributed by atoms with E-state index in [1.54, 1.807) is 10.4 Å². The van der Waals surface area contributed by atoms with Gasteiger partial charge in [0.2, 0.25) is 15.9 Å². The number of hydrogen-bond donors (Lipinski definition) is 0. The van der Waals surface area contributed by atoms with Gasteiger partial charge >= 0.3 is 0 Å². The van der Waals surface area contributed by atoms with Gasteiger partial charge in [0.05, 0.1) is 17.2 Å². The molecule has 0 radical (unpaired) electrons. The zero-order chi connectivity index (χ0) is 24.4. The van der Waals surface area contributed by atoms with E-state index >= 15 is 0 Å². The second-order valence-corrected chi connectivity index (χ2v) is 11.2. The molecule has 8 heteroatoms. The standard InChI is InChI=1S/C27H33N3O4S/c1-3-33-24-11-8-22(9-12-24)27-28-26(20(2)34-27)19-29-14-16-30(17-15-29)35(31,32)25-13-10-21-6-4-5-7-23(21)18-25/h8-13,18H,3-7,14-17,19H2,1-2H3. The molecule has 2 aromatic carbocycles. The van der Waals surface area contributed by atoms with Crippen LogP contribution < -0.4 is 4.74 Å². The van der Waals surface area contributed by atoms with Gasteiger partial charge in [-0.1, -0.05) is 6.07 Å². The molecular weight excluding hydrogens is 462 g/mol. The number of aromatic nitrogens is 1. The summed E-state index contributed by atoms with van der Waals surface area (Å²) in [4.78, 5) is 7.40. The van der Waals surface area contributed by atoms with Gasteiger partial charge < -0.3 is 9.15 Å². The number of rotatable bonds is 7. The number of ether oxygens (including phenoxy) is 1. The summed E-state index contributed by atoms with van der Waals surface area (Å²) in [6.07, 6.45) is 4.35. The van der Waals surface area contributed by atoms with E-state index in [0.717, 1.165) is 42.0 Å². The Bertz CT molecular complexity index is 1280. The van der Waals surface area contributed by atoms with Crippen LogP contribution in [0, 0.1) is 6.92 Å². The monoisotopic (exact) mass is 495 g/mol. The Balaban J connectivity index is 1.22. The van der Waals surface area contributed by atoms with Gasteiger partial charge in [0.25, 0.3) is 0 Å². The fraction of sp³-hybridized carbons (Fsp3) is 0.444. The largest absolute Gasteiger partial charge is 0.494 e. The molecular formula is C27H33N3O4S. The van der Waals surface area contributed by atoms with Gasteiger partial charge in [0.1, 0.15) is 11.5 Å². The molecule has 0 saturated carbocycles. The van der Waals surface area contributed by atoms with Crippen LogP contribution in [0.1, 0.15) is 42.3 Å². The number of fused-ring (bicyclic) bond motifs is 1. The van der Waals surface area contributed by atoms with E-state index in [-0.39, 0.29) is 0 Å². The molecule has 0 amide bonds. The summed E-state index contributed by atoms with van der Waals surface area (Å²) in [6.45, 7) is 7.43. The number of aryl methyl sites for hydroxylation is 3. The van der Waals surface area contributed by atoms with Crippen LogP contribution in [0.2, 0.25) is 0 Å². The van der Waals surface area contributed by atoms with Crippen LogP contribution >= 0.6 is 0 Å². The van der Waals surface area contributed by atoms with Crippen molar-refractivity contribution in [1.82, 2.24) is 14.2 Å². The molecule has 7 nitrogen and oxygen atoms in total. The van der Waals surface area contributed by atoms with Crippen LogP contribution in [0.5, 0.6) is 5.75 Å². The number of nitrogens with zero attached hydrogens (tertiary/aromatic N) is 3.